The summed E-state index contributed by atoms with van der Waals surface area (Å²) in [6.07, 6.45) is 1.01. The number of cyclic esters (lactones) is 1. The Morgan fingerprint density at radius 1 is 1.00 bits per heavy atom. The molecule has 0 unspecified atom stereocenters. The third kappa shape index (κ3) is 4.49. The molecule has 0 aromatic heterocycles. The van der Waals surface area contributed by atoms with Crippen LogP contribution in [0.5, 0.6) is 0 Å². The fraction of sp³-hybridized carbons (Fsp3) is 0.500. The second-order valence-corrected chi connectivity index (χ2v) is 14.3. The molecule has 0 radical (unpaired) electrons. The van der Waals surface area contributed by atoms with Crippen molar-refractivity contribution in [1.29, 1.82) is 0 Å². The predicted octanol–water partition coefficient (Wildman–Crippen LogP) is 3.67. The quantitative estimate of drug-likeness (QED) is 0.447. The molecule has 0 saturated carbocycles. The minimum absolute atomic E-state index is 0.0787. The summed E-state index contributed by atoms with van der Waals surface area (Å²) in [6.45, 7) is 8.66. The van der Waals surface area contributed by atoms with Gasteiger partial charge in [0.2, 0.25) is 8.24 Å². The smallest absolute Gasteiger partial charge is 0.402 e. The van der Waals surface area contributed by atoms with Gasteiger partial charge in [0.05, 0.1) is 12.1 Å². The van der Waals surface area contributed by atoms with Crippen LogP contribution < -0.4 is 10.4 Å². The Balaban J connectivity index is 2.16. The molecule has 0 aliphatic carbocycles. The first-order chi connectivity index (χ1) is 15.2. The Hall–Kier alpha value is -2.15. The molecule has 1 aliphatic rings. The number of rotatable bonds is 9. The summed E-state index contributed by atoms with van der Waals surface area (Å²) in [5, 5.41) is 23.9. The van der Waals surface area contributed by atoms with Gasteiger partial charge in [-0.25, -0.2) is 4.79 Å². The van der Waals surface area contributed by atoms with Crippen LogP contribution in [0, 0.1) is 0 Å². The van der Waals surface area contributed by atoms with Crippen molar-refractivity contribution >= 4 is 24.7 Å². The van der Waals surface area contributed by atoms with E-state index in [1.807, 2.05) is 41.0 Å². The number of aliphatic hydroxyl groups excluding tert-OH is 2. The number of unbranched alkanes of at least 4 members (excludes halogenated alkanes) is 2. The second kappa shape index (κ2) is 10.2. The van der Waals surface area contributed by atoms with Crippen LogP contribution in [0.1, 0.15) is 53.4 Å². The van der Waals surface area contributed by atoms with Crippen LogP contribution in [0.2, 0.25) is 5.04 Å². The Morgan fingerprint density at radius 3 is 2.00 bits per heavy atom. The molecule has 1 fully saturated rings. The van der Waals surface area contributed by atoms with Crippen molar-refractivity contribution in [2.75, 3.05) is 6.61 Å². The summed E-state index contributed by atoms with van der Waals surface area (Å²) in [7, 11) is -3.00. The molecule has 1 aliphatic heterocycles. The van der Waals surface area contributed by atoms with E-state index in [2.05, 4.69) is 52.0 Å². The number of nitrogens with zero attached hydrogens (tertiary/aromatic N) is 1. The highest BCUT2D eigenvalue weighted by molar-refractivity contribution is 7.03. The maximum atomic E-state index is 13.4. The van der Waals surface area contributed by atoms with Gasteiger partial charge in [-0.1, -0.05) is 108 Å². The SMILES string of the molecule is CCCCC[C@@H](O)[C@@H](O)[C@@H]1COC(=O)N1[Si](c1ccccc1)(c1ccccc1)C(C)(C)C. The van der Waals surface area contributed by atoms with Crippen molar-refractivity contribution in [2.24, 2.45) is 0 Å². The number of carbonyl (C=O) groups is 1. The number of benzene rings is 2. The minimum atomic E-state index is -3.00. The molecular formula is C26H37NO4Si. The molecule has 2 aromatic carbocycles. The van der Waals surface area contributed by atoms with Crippen LogP contribution in [-0.4, -0.2) is 54.0 Å². The van der Waals surface area contributed by atoms with E-state index in [4.69, 9.17) is 4.74 Å². The summed E-state index contributed by atoms with van der Waals surface area (Å²) in [6, 6.07) is 19.7. The van der Waals surface area contributed by atoms with Crippen molar-refractivity contribution in [2.45, 2.75) is 76.7 Å². The van der Waals surface area contributed by atoms with Crippen LogP contribution in [0.15, 0.2) is 60.7 Å². The first kappa shape index (κ1) is 24.5. The maximum Gasteiger partial charge on any atom is 0.402 e. The van der Waals surface area contributed by atoms with E-state index < -0.39 is 32.6 Å². The van der Waals surface area contributed by atoms with Gasteiger partial charge in [0.25, 0.3) is 0 Å². The number of carbonyl (C=O) groups excluding carboxylic acids is 1. The Labute approximate surface area is 193 Å². The van der Waals surface area contributed by atoms with Crippen molar-refractivity contribution < 1.29 is 19.7 Å². The van der Waals surface area contributed by atoms with Crippen molar-refractivity contribution in [3.63, 3.8) is 0 Å². The molecule has 1 amide bonds. The van der Waals surface area contributed by atoms with E-state index in [-0.39, 0.29) is 11.6 Å². The van der Waals surface area contributed by atoms with Gasteiger partial charge in [-0.05, 0) is 21.8 Å². The lowest BCUT2D eigenvalue weighted by Crippen LogP contribution is -2.77. The van der Waals surface area contributed by atoms with Gasteiger partial charge in [-0.15, -0.1) is 0 Å². The van der Waals surface area contributed by atoms with Crippen LogP contribution >= 0.6 is 0 Å². The van der Waals surface area contributed by atoms with E-state index in [1.165, 1.54) is 0 Å². The van der Waals surface area contributed by atoms with Crippen molar-refractivity contribution in [3.05, 3.63) is 60.7 Å². The summed E-state index contributed by atoms with van der Waals surface area (Å²) in [5.74, 6) is 0. The summed E-state index contributed by atoms with van der Waals surface area (Å²) >= 11 is 0. The van der Waals surface area contributed by atoms with Gasteiger partial charge in [0.1, 0.15) is 12.7 Å². The first-order valence-electron chi connectivity index (χ1n) is 11.7. The number of hydrogen-bond donors (Lipinski definition) is 2. The van der Waals surface area contributed by atoms with Crippen LogP contribution in [0.4, 0.5) is 4.79 Å². The number of hydrogen-bond acceptors (Lipinski definition) is 4. The summed E-state index contributed by atoms with van der Waals surface area (Å²) < 4.78 is 7.39. The highest BCUT2D eigenvalue weighted by Crippen LogP contribution is 2.41. The predicted molar refractivity (Wildman–Crippen MR) is 131 cm³/mol. The maximum absolute atomic E-state index is 13.4. The number of amides is 1. The molecule has 1 heterocycles. The zero-order chi connectivity index (χ0) is 23.4. The molecule has 2 N–H and O–H groups in total. The molecule has 3 atom stereocenters. The number of aliphatic hydroxyl groups is 2. The average Bonchev–Trinajstić information content (AvgIpc) is 3.16. The van der Waals surface area contributed by atoms with Crippen LogP contribution in [-0.2, 0) is 4.74 Å². The zero-order valence-corrected chi connectivity index (χ0v) is 20.7. The molecule has 32 heavy (non-hydrogen) atoms. The van der Waals surface area contributed by atoms with E-state index in [9.17, 15) is 15.0 Å². The van der Waals surface area contributed by atoms with Gasteiger partial charge in [-0.2, -0.15) is 0 Å². The third-order valence-corrected chi connectivity index (χ3v) is 12.4. The molecule has 2 aromatic rings. The van der Waals surface area contributed by atoms with Gasteiger partial charge in [0.15, 0.2) is 0 Å². The van der Waals surface area contributed by atoms with E-state index >= 15 is 0 Å². The minimum Gasteiger partial charge on any atom is -0.448 e. The molecule has 5 nitrogen and oxygen atoms in total. The lowest BCUT2D eigenvalue weighted by Gasteiger charge is -2.51. The molecular weight excluding hydrogens is 418 g/mol. The molecule has 0 spiro atoms. The lowest BCUT2D eigenvalue weighted by atomic mass is 10.0. The molecule has 1 saturated heterocycles. The van der Waals surface area contributed by atoms with Crippen molar-refractivity contribution in [3.8, 4) is 0 Å². The topological polar surface area (TPSA) is 70.0 Å². The van der Waals surface area contributed by atoms with Crippen LogP contribution in [0.3, 0.4) is 0 Å². The average molecular weight is 456 g/mol. The largest absolute Gasteiger partial charge is 0.448 e. The standard InChI is InChI=1S/C26H37NO4Si/c1-5-6-9-18-23(28)24(29)22-19-31-25(30)27(22)32(26(2,3)4,20-14-10-7-11-15-20)21-16-12-8-13-17-21/h7-8,10-17,22-24,28-29H,5-6,9,18-19H2,1-4H3/t22-,23+,24-/m0/s1. The highest BCUT2D eigenvalue weighted by atomic mass is 28.3. The van der Waals surface area contributed by atoms with Gasteiger partial charge in [0, 0.05) is 0 Å². The fourth-order valence-electron chi connectivity index (χ4n) is 5.13. The summed E-state index contributed by atoms with van der Waals surface area (Å²) in [4.78, 5) is 13.4. The monoisotopic (exact) mass is 455 g/mol. The Kier molecular flexibility index (Phi) is 7.80. The van der Waals surface area contributed by atoms with Gasteiger partial charge in [-0.3, -0.25) is 0 Å². The first-order valence-corrected chi connectivity index (χ1v) is 13.6. The zero-order valence-electron chi connectivity index (χ0n) is 19.7. The van der Waals surface area contributed by atoms with Gasteiger partial charge < -0.3 is 19.5 Å². The van der Waals surface area contributed by atoms with Crippen molar-refractivity contribution in [1.82, 2.24) is 4.57 Å². The summed E-state index contributed by atoms with van der Waals surface area (Å²) in [5.41, 5.74) is 0. The van der Waals surface area contributed by atoms with Crippen LogP contribution in [0.25, 0.3) is 0 Å². The Morgan fingerprint density at radius 2 is 1.53 bits per heavy atom. The van der Waals surface area contributed by atoms with Gasteiger partial charge >= 0.3 is 6.09 Å². The van der Waals surface area contributed by atoms with E-state index in [0.717, 1.165) is 29.6 Å². The lowest BCUT2D eigenvalue weighted by molar-refractivity contribution is -0.0177. The molecule has 3 rings (SSSR count). The van der Waals surface area contributed by atoms with E-state index in [1.54, 1.807) is 0 Å². The third-order valence-electron chi connectivity index (χ3n) is 6.63. The highest BCUT2D eigenvalue weighted by Gasteiger charge is 2.60. The second-order valence-electron chi connectivity index (χ2n) is 9.76. The molecule has 174 valence electrons. The fourth-order valence-corrected chi connectivity index (χ4v) is 10.9. The van der Waals surface area contributed by atoms with E-state index in [0.29, 0.717) is 6.42 Å². The molecule has 0 bridgehead atoms. The molecule has 6 heteroatoms. The normalized spacial score (nSPS) is 19.0. The Bertz CT molecular complexity index is 829. The number of ether oxygens (including phenoxy) is 1.